The molecule has 10 nitrogen and oxygen atoms in total. The van der Waals surface area contributed by atoms with Crippen molar-refractivity contribution in [2.45, 2.75) is 37.5 Å². The molecule has 1 fully saturated rings. The largest absolute Gasteiger partial charge is 0.390 e. The summed E-state index contributed by atoms with van der Waals surface area (Å²) >= 11 is 5.89. The van der Waals surface area contributed by atoms with Crippen LogP contribution in [-0.4, -0.2) is 73.3 Å². The maximum atomic E-state index is 11.0. The molecule has 1 saturated carbocycles. The molecule has 202 valence electrons. The summed E-state index contributed by atoms with van der Waals surface area (Å²) in [5, 5.41) is 33.5. The Kier molecular flexibility index (Phi) is 8.83. The van der Waals surface area contributed by atoms with Gasteiger partial charge in [0.05, 0.1) is 29.4 Å². The Hall–Kier alpha value is -2.26. The molecule has 1 aliphatic carbocycles. The van der Waals surface area contributed by atoms with E-state index in [0.717, 1.165) is 48.2 Å². The van der Waals surface area contributed by atoms with E-state index in [0.29, 0.717) is 24.4 Å². The Balaban J connectivity index is 1.20. The van der Waals surface area contributed by atoms with Crippen molar-refractivity contribution in [3.05, 3.63) is 62.8 Å². The third kappa shape index (κ3) is 5.98. The standard InChI is InChI=1S/C26H32BrIN8O2/c27-24-21(13-33-34-24)35(10-1-8-30-9-6-16-2-4-18(28)5-3-16)14-17-12-20(23(38)22(17)37)36-11-7-19-25(29)31-15-32-26(19)36/h2-5,7,11,13,15,17,20,22-23,30,37-38H,1,6,8-10,12,14H2,(H,33,34)(H2,29,31,32)/t17-,20-,22-,23+/m1/s1. The predicted octanol–water partition coefficient (Wildman–Crippen LogP) is 3.12. The number of hydrogen-bond acceptors (Lipinski definition) is 8. The van der Waals surface area contributed by atoms with E-state index in [1.165, 1.54) is 15.5 Å². The molecule has 0 saturated heterocycles. The van der Waals surface area contributed by atoms with Gasteiger partial charge in [-0.05, 0) is 94.6 Å². The van der Waals surface area contributed by atoms with Crippen molar-refractivity contribution in [1.29, 1.82) is 0 Å². The smallest absolute Gasteiger partial charge is 0.145 e. The molecule has 5 rings (SSSR count). The highest BCUT2D eigenvalue weighted by Crippen LogP contribution is 2.39. The van der Waals surface area contributed by atoms with Crippen molar-refractivity contribution in [2.75, 3.05) is 36.8 Å². The Morgan fingerprint density at radius 3 is 2.74 bits per heavy atom. The molecule has 0 unspecified atom stereocenters. The number of nitrogen functional groups attached to an aromatic ring is 1. The highest BCUT2D eigenvalue weighted by molar-refractivity contribution is 14.1. The summed E-state index contributed by atoms with van der Waals surface area (Å²) in [4.78, 5) is 10.7. The van der Waals surface area contributed by atoms with Crippen LogP contribution in [0.1, 0.15) is 24.4 Å². The van der Waals surface area contributed by atoms with Gasteiger partial charge in [0.2, 0.25) is 0 Å². The number of fused-ring (bicyclic) bond motifs is 1. The summed E-state index contributed by atoms with van der Waals surface area (Å²) in [5.74, 6) is 0.267. The number of benzene rings is 1. The van der Waals surface area contributed by atoms with Gasteiger partial charge in [0.1, 0.15) is 28.5 Å². The summed E-state index contributed by atoms with van der Waals surface area (Å²) < 4.78 is 3.96. The second-order valence-corrected chi connectivity index (χ2v) is 11.8. The van der Waals surface area contributed by atoms with Gasteiger partial charge in [-0.25, -0.2) is 9.97 Å². The lowest BCUT2D eigenvalue weighted by Gasteiger charge is -2.28. The van der Waals surface area contributed by atoms with Crippen LogP contribution < -0.4 is 16.0 Å². The third-order valence-corrected chi connectivity index (χ3v) is 8.63. The Morgan fingerprint density at radius 2 is 1.97 bits per heavy atom. The summed E-state index contributed by atoms with van der Waals surface area (Å²) in [6, 6.07) is 10.2. The minimum absolute atomic E-state index is 0.137. The highest BCUT2D eigenvalue weighted by Gasteiger charge is 2.43. The number of aliphatic hydroxyl groups is 2. The lowest BCUT2D eigenvalue weighted by Crippen LogP contribution is -2.37. The summed E-state index contributed by atoms with van der Waals surface area (Å²) in [6.45, 7) is 3.18. The zero-order valence-electron chi connectivity index (χ0n) is 20.8. The number of rotatable bonds is 11. The molecule has 6 N–H and O–H groups in total. The molecular weight excluding hydrogens is 663 g/mol. The van der Waals surface area contributed by atoms with E-state index in [4.69, 9.17) is 5.73 Å². The normalized spacial score (nSPS) is 21.4. The molecule has 1 aromatic carbocycles. The highest BCUT2D eigenvalue weighted by atomic mass is 127. The second-order valence-electron chi connectivity index (χ2n) is 9.76. The number of nitrogens with zero attached hydrogens (tertiary/aromatic N) is 5. The predicted molar refractivity (Wildman–Crippen MR) is 160 cm³/mol. The number of halogens is 2. The number of aliphatic hydroxyl groups excluding tert-OH is 2. The van der Waals surface area contributed by atoms with Crippen LogP contribution in [0.2, 0.25) is 0 Å². The Labute approximate surface area is 243 Å². The first kappa shape index (κ1) is 27.3. The topological polar surface area (TPSA) is 141 Å². The summed E-state index contributed by atoms with van der Waals surface area (Å²) in [7, 11) is 0. The van der Waals surface area contributed by atoms with Crippen LogP contribution in [0.5, 0.6) is 0 Å². The van der Waals surface area contributed by atoms with Crippen molar-refractivity contribution >= 4 is 61.1 Å². The molecule has 0 bridgehead atoms. The molecule has 3 aromatic heterocycles. The zero-order valence-corrected chi connectivity index (χ0v) is 24.6. The first-order valence-corrected chi connectivity index (χ1v) is 14.6. The Morgan fingerprint density at radius 1 is 1.16 bits per heavy atom. The maximum absolute atomic E-state index is 11.0. The molecular formula is C26H32BrIN8O2. The van der Waals surface area contributed by atoms with E-state index in [1.807, 2.05) is 16.8 Å². The maximum Gasteiger partial charge on any atom is 0.145 e. The second kappa shape index (κ2) is 12.3. The fourth-order valence-electron chi connectivity index (χ4n) is 5.30. The first-order chi connectivity index (χ1) is 18.4. The summed E-state index contributed by atoms with van der Waals surface area (Å²) in [6.07, 6.45) is 5.84. The minimum atomic E-state index is -0.913. The van der Waals surface area contributed by atoms with Gasteiger partial charge in [0.15, 0.2) is 0 Å². The number of nitrogens with two attached hydrogens (primary N) is 1. The van der Waals surface area contributed by atoms with Crippen LogP contribution in [-0.2, 0) is 6.42 Å². The molecule has 38 heavy (non-hydrogen) atoms. The number of aromatic nitrogens is 5. The molecule has 12 heteroatoms. The average Bonchev–Trinajstić information content (AvgIpc) is 3.61. The fraction of sp³-hybridized carbons (Fsp3) is 0.423. The van der Waals surface area contributed by atoms with E-state index in [9.17, 15) is 10.2 Å². The zero-order chi connectivity index (χ0) is 26.6. The number of hydrogen-bond donors (Lipinski definition) is 5. The van der Waals surface area contributed by atoms with E-state index in [-0.39, 0.29) is 12.0 Å². The van der Waals surface area contributed by atoms with E-state index < -0.39 is 12.2 Å². The van der Waals surface area contributed by atoms with Crippen LogP contribution in [0, 0.1) is 9.49 Å². The number of H-pyrrole nitrogens is 1. The molecule has 4 aromatic rings. The molecule has 0 spiro atoms. The van der Waals surface area contributed by atoms with Crippen molar-refractivity contribution in [1.82, 2.24) is 30.0 Å². The summed E-state index contributed by atoms with van der Waals surface area (Å²) in [5.41, 5.74) is 8.94. The van der Waals surface area contributed by atoms with Crippen molar-refractivity contribution in [2.24, 2.45) is 5.92 Å². The molecule has 0 aliphatic heterocycles. The van der Waals surface area contributed by atoms with E-state index >= 15 is 0 Å². The fourth-order valence-corrected chi connectivity index (χ4v) is 6.11. The SMILES string of the molecule is Nc1ncnc2c1ccn2[C@@H]1C[C@H](CN(CCCNCCc2ccc(I)cc2)c2cn[nH]c2Br)[C@@H](O)[C@H]1O. The van der Waals surface area contributed by atoms with Crippen LogP contribution in [0.15, 0.2) is 53.7 Å². The van der Waals surface area contributed by atoms with Gasteiger partial charge in [-0.3, -0.25) is 5.10 Å². The van der Waals surface area contributed by atoms with E-state index in [2.05, 4.69) is 93.2 Å². The number of nitrogens with one attached hydrogen (secondary N) is 2. The van der Waals surface area contributed by atoms with Gasteiger partial charge in [0, 0.05) is 28.8 Å². The lowest BCUT2D eigenvalue weighted by atomic mass is 10.0. The molecule has 1 aliphatic rings. The number of anilines is 2. The molecule has 3 heterocycles. The van der Waals surface area contributed by atoms with Crippen LogP contribution >= 0.6 is 38.5 Å². The molecule has 4 atom stereocenters. The quantitative estimate of drug-likeness (QED) is 0.119. The Bertz CT molecular complexity index is 1350. The van der Waals surface area contributed by atoms with E-state index in [1.54, 1.807) is 6.20 Å². The van der Waals surface area contributed by atoms with Crippen molar-refractivity contribution < 1.29 is 10.2 Å². The lowest BCUT2D eigenvalue weighted by molar-refractivity contribution is 0.00792. The van der Waals surface area contributed by atoms with Crippen molar-refractivity contribution in [3.8, 4) is 0 Å². The third-order valence-electron chi connectivity index (χ3n) is 7.32. The minimum Gasteiger partial charge on any atom is -0.390 e. The van der Waals surface area contributed by atoms with Crippen LogP contribution in [0.3, 0.4) is 0 Å². The van der Waals surface area contributed by atoms with Gasteiger partial charge in [-0.1, -0.05) is 12.1 Å². The van der Waals surface area contributed by atoms with Gasteiger partial charge in [-0.15, -0.1) is 0 Å². The first-order valence-electron chi connectivity index (χ1n) is 12.7. The van der Waals surface area contributed by atoms with Gasteiger partial charge in [0.25, 0.3) is 0 Å². The average molecular weight is 695 g/mol. The van der Waals surface area contributed by atoms with Gasteiger partial charge in [-0.2, -0.15) is 5.10 Å². The van der Waals surface area contributed by atoms with Gasteiger partial charge < -0.3 is 30.7 Å². The van der Waals surface area contributed by atoms with Crippen LogP contribution in [0.4, 0.5) is 11.5 Å². The molecule has 0 radical (unpaired) electrons. The monoisotopic (exact) mass is 694 g/mol. The van der Waals surface area contributed by atoms with Crippen molar-refractivity contribution in [3.63, 3.8) is 0 Å². The number of aromatic amines is 1. The van der Waals surface area contributed by atoms with Gasteiger partial charge >= 0.3 is 0 Å². The molecule has 0 amide bonds. The van der Waals surface area contributed by atoms with Crippen LogP contribution in [0.25, 0.3) is 11.0 Å².